The Kier molecular flexibility index (Phi) is 10.4. The molecule has 10 aromatic carbocycles. The lowest BCUT2D eigenvalue weighted by molar-refractivity contribution is 1.28. The SMILES string of the molecule is C[Si]1(C)c2cc(-c3ccc(N(c4ccccc4)c4ccc(-c5ccccc5)cc4)cc3)ccc2-c2ccc(-c3ccc(N(c4ccccc4)c4ccc(-c5ccccc5)cc4)cc3)cc21. The summed E-state index contributed by atoms with van der Waals surface area (Å²) in [5, 5.41) is 3.01. The molecule has 1 aliphatic rings. The van der Waals surface area contributed by atoms with Crippen molar-refractivity contribution < 1.29 is 0 Å². The fraction of sp³-hybridized carbons (Fsp3) is 0.0323. The van der Waals surface area contributed by atoms with Crippen LogP contribution >= 0.6 is 0 Å². The van der Waals surface area contributed by atoms with E-state index in [0.29, 0.717) is 0 Å². The smallest absolute Gasteiger partial charge is 0.113 e. The summed E-state index contributed by atoms with van der Waals surface area (Å²) in [4.78, 5) is 4.67. The minimum Gasteiger partial charge on any atom is -0.311 e. The van der Waals surface area contributed by atoms with Gasteiger partial charge in [-0.1, -0.05) is 195 Å². The highest BCUT2D eigenvalue weighted by atomic mass is 28.3. The van der Waals surface area contributed by atoms with E-state index in [1.165, 1.54) is 66.0 Å². The van der Waals surface area contributed by atoms with E-state index in [0.717, 1.165) is 34.1 Å². The first-order valence-electron chi connectivity index (χ1n) is 22.5. The summed E-state index contributed by atoms with van der Waals surface area (Å²) in [6.45, 7) is 5.03. The van der Waals surface area contributed by atoms with Gasteiger partial charge in [-0.25, -0.2) is 0 Å². The number of para-hydroxylation sites is 2. The number of benzene rings is 10. The third-order valence-corrected chi connectivity index (χ3v) is 16.6. The van der Waals surface area contributed by atoms with Crippen molar-refractivity contribution in [3.63, 3.8) is 0 Å². The van der Waals surface area contributed by atoms with Gasteiger partial charge in [0.25, 0.3) is 0 Å². The molecule has 0 atom stereocenters. The average Bonchev–Trinajstić information content (AvgIpc) is 3.60. The Morgan fingerprint density at radius 1 is 0.231 bits per heavy atom. The predicted octanol–water partition coefficient (Wildman–Crippen LogP) is 16.1. The molecule has 0 aliphatic carbocycles. The molecule has 0 aromatic heterocycles. The number of nitrogens with zero attached hydrogens (tertiary/aromatic N) is 2. The molecular weight excluding hydrogens is 801 g/mol. The molecule has 0 amide bonds. The molecule has 1 aliphatic heterocycles. The molecule has 3 heteroatoms. The molecule has 1 heterocycles. The normalized spacial score (nSPS) is 12.3. The zero-order valence-electron chi connectivity index (χ0n) is 36.6. The van der Waals surface area contributed by atoms with E-state index in [9.17, 15) is 0 Å². The second-order valence-corrected chi connectivity index (χ2v) is 21.7. The van der Waals surface area contributed by atoms with Gasteiger partial charge in [0.15, 0.2) is 0 Å². The van der Waals surface area contributed by atoms with Crippen LogP contribution in [0.5, 0.6) is 0 Å². The van der Waals surface area contributed by atoms with Gasteiger partial charge in [0.1, 0.15) is 8.07 Å². The van der Waals surface area contributed by atoms with Crippen molar-refractivity contribution in [2.24, 2.45) is 0 Å². The number of anilines is 6. The Labute approximate surface area is 384 Å². The van der Waals surface area contributed by atoms with Gasteiger partial charge in [-0.15, -0.1) is 0 Å². The summed E-state index contributed by atoms with van der Waals surface area (Å²) in [5.41, 5.74) is 19.4. The van der Waals surface area contributed by atoms with Crippen LogP contribution in [-0.2, 0) is 0 Å². The van der Waals surface area contributed by atoms with E-state index < -0.39 is 8.07 Å². The number of rotatable bonds is 10. The first kappa shape index (κ1) is 39.8. The van der Waals surface area contributed by atoms with Crippen molar-refractivity contribution in [3.05, 3.63) is 255 Å². The fourth-order valence-corrected chi connectivity index (χ4v) is 12.7. The van der Waals surface area contributed by atoms with E-state index in [1.54, 1.807) is 0 Å². The van der Waals surface area contributed by atoms with E-state index in [4.69, 9.17) is 0 Å². The summed E-state index contributed by atoms with van der Waals surface area (Å²) in [7, 11) is -2.02. The van der Waals surface area contributed by atoms with Gasteiger partial charge in [-0.05, 0) is 139 Å². The summed E-state index contributed by atoms with van der Waals surface area (Å²) >= 11 is 0. The molecule has 65 heavy (non-hydrogen) atoms. The van der Waals surface area contributed by atoms with Crippen molar-refractivity contribution in [1.29, 1.82) is 0 Å². The zero-order valence-corrected chi connectivity index (χ0v) is 37.6. The first-order valence-corrected chi connectivity index (χ1v) is 25.5. The monoisotopic (exact) mass is 848 g/mol. The molecule has 0 unspecified atom stereocenters. The van der Waals surface area contributed by atoms with Crippen LogP contribution in [0.4, 0.5) is 34.1 Å². The molecule has 0 fully saturated rings. The molecule has 0 N–H and O–H groups in total. The van der Waals surface area contributed by atoms with Crippen LogP contribution in [-0.4, -0.2) is 8.07 Å². The standard InChI is InChI=1S/C62H48N2Si/c1-65(2)61-43-51(49-27-37-57(38-28-49)63(53-19-11-5-12-20-53)55-33-23-47(24-34-55)45-15-7-3-8-16-45)31-41-59(61)60-42-32-52(44-62(60)65)50-29-39-58(40-30-50)64(54-21-13-6-14-22-54)56-35-25-48(26-36-56)46-17-9-4-10-18-46/h3-44H,1-2H3. The van der Waals surface area contributed by atoms with Gasteiger partial charge in [0, 0.05) is 34.1 Å². The Morgan fingerprint density at radius 2 is 0.462 bits per heavy atom. The van der Waals surface area contributed by atoms with Crippen LogP contribution in [0.2, 0.25) is 13.1 Å². The van der Waals surface area contributed by atoms with Gasteiger partial charge in [-0.3, -0.25) is 0 Å². The minimum absolute atomic E-state index is 1.13. The maximum Gasteiger partial charge on any atom is 0.113 e. The van der Waals surface area contributed by atoms with Gasteiger partial charge in [0.05, 0.1) is 0 Å². The lowest BCUT2D eigenvalue weighted by Crippen LogP contribution is -2.49. The van der Waals surface area contributed by atoms with Crippen molar-refractivity contribution >= 4 is 52.6 Å². The van der Waals surface area contributed by atoms with Gasteiger partial charge >= 0.3 is 0 Å². The van der Waals surface area contributed by atoms with Crippen molar-refractivity contribution in [2.75, 3.05) is 9.80 Å². The second kappa shape index (κ2) is 16.9. The Hall–Kier alpha value is -7.98. The highest BCUT2D eigenvalue weighted by Gasteiger charge is 2.38. The number of fused-ring (bicyclic) bond motifs is 3. The minimum atomic E-state index is -2.02. The number of hydrogen-bond acceptors (Lipinski definition) is 2. The summed E-state index contributed by atoms with van der Waals surface area (Å²) in [6, 6.07) is 92.7. The van der Waals surface area contributed by atoms with Gasteiger partial charge < -0.3 is 9.80 Å². The third-order valence-electron chi connectivity index (χ3n) is 13.1. The summed E-state index contributed by atoms with van der Waals surface area (Å²) < 4.78 is 0. The lowest BCUT2D eigenvalue weighted by Gasteiger charge is -2.26. The molecule has 0 radical (unpaired) electrons. The van der Waals surface area contributed by atoms with E-state index >= 15 is 0 Å². The topological polar surface area (TPSA) is 6.48 Å². The molecule has 11 rings (SSSR count). The van der Waals surface area contributed by atoms with Crippen LogP contribution in [0.3, 0.4) is 0 Å². The van der Waals surface area contributed by atoms with Crippen LogP contribution in [0, 0.1) is 0 Å². The zero-order chi connectivity index (χ0) is 43.7. The largest absolute Gasteiger partial charge is 0.311 e. The Bertz CT molecular complexity index is 3000. The molecule has 10 aromatic rings. The van der Waals surface area contributed by atoms with Crippen molar-refractivity contribution in [2.45, 2.75) is 13.1 Å². The molecule has 0 spiro atoms. The Balaban J connectivity index is 0.857. The van der Waals surface area contributed by atoms with Crippen LogP contribution in [0.15, 0.2) is 255 Å². The summed E-state index contributed by atoms with van der Waals surface area (Å²) in [5.74, 6) is 0. The fourth-order valence-electron chi connectivity index (χ4n) is 9.62. The van der Waals surface area contributed by atoms with Crippen molar-refractivity contribution in [3.8, 4) is 55.6 Å². The third kappa shape index (κ3) is 7.67. The quantitative estimate of drug-likeness (QED) is 0.127. The maximum absolute atomic E-state index is 2.51. The number of hydrogen-bond donors (Lipinski definition) is 0. The van der Waals surface area contributed by atoms with E-state index in [2.05, 4.69) is 278 Å². The molecule has 0 saturated carbocycles. The Morgan fingerprint density at radius 3 is 0.769 bits per heavy atom. The van der Waals surface area contributed by atoms with Gasteiger partial charge in [0.2, 0.25) is 0 Å². The second-order valence-electron chi connectivity index (χ2n) is 17.4. The van der Waals surface area contributed by atoms with Crippen LogP contribution < -0.4 is 20.2 Å². The van der Waals surface area contributed by atoms with E-state index in [-0.39, 0.29) is 0 Å². The van der Waals surface area contributed by atoms with Crippen molar-refractivity contribution in [1.82, 2.24) is 0 Å². The van der Waals surface area contributed by atoms with Gasteiger partial charge in [-0.2, -0.15) is 0 Å². The first-order chi connectivity index (χ1) is 32.0. The highest BCUT2D eigenvalue weighted by Crippen LogP contribution is 2.40. The molecule has 0 bridgehead atoms. The lowest BCUT2D eigenvalue weighted by atomic mass is 9.97. The summed E-state index contributed by atoms with van der Waals surface area (Å²) in [6.07, 6.45) is 0. The predicted molar refractivity (Wildman–Crippen MR) is 280 cm³/mol. The maximum atomic E-state index is 2.51. The van der Waals surface area contributed by atoms with E-state index in [1.807, 2.05) is 0 Å². The molecular formula is C62H48N2Si. The molecule has 0 saturated heterocycles. The molecule has 310 valence electrons. The highest BCUT2D eigenvalue weighted by molar-refractivity contribution is 7.03. The van der Waals surface area contributed by atoms with Crippen LogP contribution in [0.25, 0.3) is 55.6 Å². The van der Waals surface area contributed by atoms with Crippen LogP contribution in [0.1, 0.15) is 0 Å². The molecule has 2 nitrogen and oxygen atoms in total. The average molecular weight is 849 g/mol.